The predicted octanol–water partition coefficient (Wildman–Crippen LogP) is 3.44. The van der Waals surface area contributed by atoms with Gasteiger partial charge in [-0.3, -0.25) is 0 Å². The average molecular weight is 349 g/mol. The van der Waals surface area contributed by atoms with Gasteiger partial charge in [0.15, 0.2) is 0 Å². The fourth-order valence-electron chi connectivity index (χ4n) is 1.97. The van der Waals surface area contributed by atoms with Crippen molar-refractivity contribution in [3.63, 3.8) is 0 Å². The van der Waals surface area contributed by atoms with Gasteiger partial charge in [-0.25, -0.2) is 0 Å². The van der Waals surface area contributed by atoms with Gasteiger partial charge in [-0.05, 0) is 38.1 Å². The number of nitrogens with zero attached hydrogens (tertiary/aromatic N) is 4. The molecule has 0 N–H and O–H groups in total. The van der Waals surface area contributed by atoms with Crippen LogP contribution in [0.4, 0.5) is 0 Å². The lowest BCUT2D eigenvalue weighted by atomic mass is 10.1. The van der Waals surface area contributed by atoms with Crippen LogP contribution in [0, 0.1) is 0 Å². The Kier molecular flexibility index (Phi) is 4.64. The van der Waals surface area contributed by atoms with Gasteiger partial charge in [-0.2, -0.15) is 4.98 Å². The first-order valence-electron chi connectivity index (χ1n) is 7.44. The van der Waals surface area contributed by atoms with E-state index in [0.717, 1.165) is 5.56 Å². The molecule has 2 aromatic heterocycles. The van der Waals surface area contributed by atoms with Gasteiger partial charge in [0.2, 0.25) is 23.5 Å². The topological polar surface area (TPSA) is 87.1 Å². The molecule has 0 saturated heterocycles. The Bertz CT molecular complexity index is 811. The molecule has 24 heavy (non-hydrogen) atoms. The zero-order valence-electron chi connectivity index (χ0n) is 13.6. The lowest BCUT2D eigenvalue weighted by Crippen LogP contribution is -2.21. The van der Waals surface area contributed by atoms with Crippen LogP contribution >= 0.6 is 11.6 Å². The van der Waals surface area contributed by atoms with Crippen LogP contribution in [-0.2, 0) is 23.2 Å². The molecule has 3 rings (SSSR count). The summed E-state index contributed by atoms with van der Waals surface area (Å²) in [6, 6.07) is 7.21. The Balaban J connectivity index is 1.65. The van der Waals surface area contributed by atoms with Gasteiger partial charge < -0.3 is 13.7 Å². The highest BCUT2D eigenvalue weighted by atomic mass is 35.5. The van der Waals surface area contributed by atoms with Gasteiger partial charge in [-0.15, -0.1) is 10.2 Å². The second-order valence-electron chi connectivity index (χ2n) is 5.73. The van der Waals surface area contributed by atoms with Crippen molar-refractivity contribution in [3.05, 3.63) is 46.9 Å². The summed E-state index contributed by atoms with van der Waals surface area (Å²) in [6.45, 7) is 3.75. The van der Waals surface area contributed by atoms with Crippen LogP contribution in [0.2, 0.25) is 5.02 Å². The number of hydrogen-bond donors (Lipinski definition) is 0. The van der Waals surface area contributed by atoms with Crippen LogP contribution in [0.15, 0.2) is 33.2 Å². The zero-order chi connectivity index (χ0) is 17.2. The number of benzene rings is 1. The molecule has 0 aliphatic rings. The van der Waals surface area contributed by atoms with E-state index in [4.69, 9.17) is 25.3 Å². The molecule has 8 heteroatoms. The highest BCUT2D eigenvalue weighted by molar-refractivity contribution is 6.30. The molecule has 0 saturated carbocycles. The summed E-state index contributed by atoms with van der Waals surface area (Å²) in [6.07, 6.45) is 1.02. The summed E-state index contributed by atoms with van der Waals surface area (Å²) < 4.78 is 16.2. The van der Waals surface area contributed by atoms with Crippen LogP contribution in [0.1, 0.15) is 31.5 Å². The van der Waals surface area contributed by atoms with E-state index in [2.05, 4.69) is 20.3 Å². The largest absolute Gasteiger partial charge is 0.421 e. The third-order valence-corrected chi connectivity index (χ3v) is 3.88. The fraction of sp³-hybridized carbons (Fsp3) is 0.375. The van der Waals surface area contributed by atoms with Crippen LogP contribution < -0.4 is 0 Å². The van der Waals surface area contributed by atoms with Crippen LogP contribution in [0.5, 0.6) is 0 Å². The number of methoxy groups -OCH3 is 1. The highest BCUT2D eigenvalue weighted by Gasteiger charge is 2.26. The Morgan fingerprint density at radius 3 is 2.50 bits per heavy atom. The lowest BCUT2D eigenvalue weighted by Gasteiger charge is -2.17. The molecule has 0 amide bonds. The van der Waals surface area contributed by atoms with Gasteiger partial charge in [0, 0.05) is 30.5 Å². The normalized spacial score (nSPS) is 11.8. The van der Waals surface area contributed by atoms with Gasteiger partial charge in [-0.1, -0.05) is 16.8 Å². The minimum atomic E-state index is -0.589. The summed E-state index contributed by atoms with van der Waals surface area (Å²) in [5.41, 5.74) is 0.230. The lowest BCUT2D eigenvalue weighted by molar-refractivity contribution is 0.00973. The smallest absolute Gasteiger partial charge is 0.247 e. The number of halogens is 1. The molecule has 0 radical (unpaired) electrons. The third kappa shape index (κ3) is 3.63. The maximum atomic E-state index is 5.87. The van der Waals surface area contributed by atoms with Crippen molar-refractivity contribution in [2.75, 3.05) is 7.11 Å². The standard InChI is InChI=1S/C16H17ClN4O3/c1-16(2,22-3)15-18-12(24-21-15)8-9-13-19-20-14(23-13)10-4-6-11(17)7-5-10/h4-7H,8-9H2,1-3H3. The van der Waals surface area contributed by atoms with Crippen molar-refractivity contribution >= 4 is 11.6 Å². The van der Waals surface area contributed by atoms with Crippen molar-refractivity contribution < 1.29 is 13.7 Å². The highest BCUT2D eigenvalue weighted by Crippen LogP contribution is 2.22. The van der Waals surface area contributed by atoms with Gasteiger partial charge in [0.25, 0.3) is 0 Å². The van der Waals surface area contributed by atoms with Crippen LogP contribution in [0.25, 0.3) is 11.5 Å². The minimum Gasteiger partial charge on any atom is -0.421 e. The average Bonchev–Trinajstić information content (AvgIpc) is 3.23. The zero-order valence-corrected chi connectivity index (χ0v) is 14.4. The van der Waals surface area contributed by atoms with E-state index in [1.54, 1.807) is 19.2 Å². The second kappa shape index (κ2) is 6.70. The molecule has 0 fully saturated rings. The van der Waals surface area contributed by atoms with Crippen molar-refractivity contribution in [1.82, 2.24) is 20.3 Å². The Labute approximate surface area is 144 Å². The van der Waals surface area contributed by atoms with Crippen LogP contribution in [-0.4, -0.2) is 27.4 Å². The molecule has 0 unspecified atom stereocenters. The molecule has 126 valence electrons. The molecule has 2 heterocycles. The molecule has 0 aliphatic carbocycles. The van der Waals surface area contributed by atoms with E-state index in [-0.39, 0.29) is 0 Å². The monoisotopic (exact) mass is 348 g/mol. The maximum absolute atomic E-state index is 5.87. The number of aryl methyl sites for hydroxylation is 2. The van der Waals surface area contributed by atoms with Gasteiger partial charge in [0.1, 0.15) is 5.60 Å². The number of aromatic nitrogens is 4. The van der Waals surface area contributed by atoms with E-state index in [1.807, 2.05) is 26.0 Å². The molecule has 0 atom stereocenters. The number of ether oxygens (including phenoxy) is 1. The second-order valence-corrected chi connectivity index (χ2v) is 6.17. The Morgan fingerprint density at radius 1 is 1.08 bits per heavy atom. The van der Waals surface area contributed by atoms with E-state index >= 15 is 0 Å². The van der Waals surface area contributed by atoms with Crippen molar-refractivity contribution in [2.24, 2.45) is 0 Å². The van der Waals surface area contributed by atoms with E-state index < -0.39 is 5.60 Å². The summed E-state index contributed by atoms with van der Waals surface area (Å²) in [7, 11) is 1.60. The van der Waals surface area contributed by atoms with E-state index in [0.29, 0.717) is 41.4 Å². The maximum Gasteiger partial charge on any atom is 0.247 e. The summed E-state index contributed by atoms with van der Waals surface area (Å²) in [5, 5.41) is 12.7. The first-order valence-corrected chi connectivity index (χ1v) is 7.82. The molecular weight excluding hydrogens is 332 g/mol. The Hall–Kier alpha value is -2.25. The third-order valence-electron chi connectivity index (χ3n) is 3.63. The first kappa shape index (κ1) is 16.6. The molecule has 7 nitrogen and oxygen atoms in total. The Morgan fingerprint density at radius 2 is 1.79 bits per heavy atom. The van der Waals surface area contributed by atoms with Gasteiger partial charge >= 0.3 is 0 Å². The first-order chi connectivity index (χ1) is 11.5. The number of rotatable bonds is 6. The number of hydrogen-bond acceptors (Lipinski definition) is 7. The minimum absolute atomic E-state index is 0.452. The molecule has 0 spiro atoms. The van der Waals surface area contributed by atoms with Crippen molar-refractivity contribution in [2.45, 2.75) is 32.3 Å². The van der Waals surface area contributed by atoms with E-state index in [9.17, 15) is 0 Å². The molecule has 3 aromatic rings. The SMILES string of the molecule is COC(C)(C)c1noc(CCc2nnc(-c3ccc(Cl)cc3)o2)n1. The summed E-state index contributed by atoms with van der Waals surface area (Å²) >= 11 is 5.87. The van der Waals surface area contributed by atoms with Crippen molar-refractivity contribution in [3.8, 4) is 11.5 Å². The van der Waals surface area contributed by atoms with Crippen molar-refractivity contribution in [1.29, 1.82) is 0 Å². The molecule has 0 aliphatic heterocycles. The molecule has 0 bridgehead atoms. The van der Waals surface area contributed by atoms with Crippen LogP contribution in [0.3, 0.4) is 0 Å². The van der Waals surface area contributed by atoms with Gasteiger partial charge in [0.05, 0.1) is 0 Å². The summed E-state index contributed by atoms with van der Waals surface area (Å²) in [4.78, 5) is 4.34. The molecular formula is C16H17ClN4O3. The molecule has 1 aromatic carbocycles. The fourth-order valence-corrected chi connectivity index (χ4v) is 2.10. The predicted molar refractivity (Wildman–Crippen MR) is 86.5 cm³/mol. The quantitative estimate of drug-likeness (QED) is 0.674. The summed E-state index contributed by atoms with van der Waals surface area (Å²) in [5.74, 6) is 1.97. The van der Waals surface area contributed by atoms with E-state index in [1.165, 1.54) is 0 Å².